The molecule has 0 saturated carbocycles. The van der Waals surface area contributed by atoms with Crippen molar-refractivity contribution in [2.24, 2.45) is 0 Å². The van der Waals surface area contributed by atoms with Gasteiger partial charge in [0.05, 0.1) is 10.7 Å². The predicted molar refractivity (Wildman–Crippen MR) is 98.6 cm³/mol. The first-order valence-corrected chi connectivity index (χ1v) is 7.93. The number of rotatable bonds is 4. The molecule has 0 radical (unpaired) electrons. The Balaban J connectivity index is 2.13. The third-order valence-electron chi connectivity index (χ3n) is 3.10. The number of nitriles is 1. The molecule has 0 heterocycles. The summed E-state index contributed by atoms with van der Waals surface area (Å²) in [6, 6.07) is 11.8. The van der Waals surface area contributed by atoms with Crippen molar-refractivity contribution in [1.82, 2.24) is 0 Å². The molecule has 4 nitrogen and oxygen atoms in total. The summed E-state index contributed by atoms with van der Waals surface area (Å²) in [6.07, 6.45) is 1.31. The minimum absolute atomic E-state index is 0.113. The van der Waals surface area contributed by atoms with E-state index in [2.05, 4.69) is 10.6 Å². The lowest BCUT2D eigenvalue weighted by Crippen LogP contribution is -2.14. The molecule has 0 bridgehead atoms. The molecule has 2 N–H and O–H groups in total. The number of nitrogens with one attached hydrogen (secondary N) is 2. The summed E-state index contributed by atoms with van der Waals surface area (Å²) in [4.78, 5) is 12.2. The maximum absolute atomic E-state index is 12.2. The van der Waals surface area contributed by atoms with E-state index in [1.165, 1.54) is 12.3 Å². The second-order valence-corrected chi connectivity index (χ2v) is 6.11. The SMILES string of the molecule is Cc1ccc(N/C=C(/C#N)C(=O)Nc2ccc(Cl)cc2Cl)cc1Cl. The van der Waals surface area contributed by atoms with Gasteiger partial charge in [0, 0.05) is 21.9 Å². The highest BCUT2D eigenvalue weighted by Gasteiger charge is 2.11. The van der Waals surface area contributed by atoms with Crippen LogP contribution in [0.25, 0.3) is 0 Å². The van der Waals surface area contributed by atoms with Crippen LogP contribution in [-0.4, -0.2) is 5.91 Å². The van der Waals surface area contributed by atoms with Crippen LogP contribution in [0, 0.1) is 18.3 Å². The molecule has 0 spiro atoms. The maximum Gasteiger partial charge on any atom is 0.267 e. The Morgan fingerprint density at radius 2 is 1.88 bits per heavy atom. The van der Waals surface area contributed by atoms with Gasteiger partial charge in [0.25, 0.3) is 5.91 Å². The second kappa shape index (κ2) is 8.07. The molecule has 0 fully saturated rings. The molecule has 0 aliphatic heterocycles. The van der Waals surface area contributed by atoms with Crippen LogP contribution < -0.4 is 10.6 Å². The van der Waals surface area contributed by atoms with Crippen molar-refractivity contribution < 1.29 is 4.79 Å². The molecule has 2 rings (SSSR count). The average Bonchev–Trinajstić information content (AvgIpc) is 2.54. The van der Waals surface area contributed by atoms with Crippen LogP contribution >= 0.6 is 34.8 Å². The largest absolute Gasteiger partial charge is 0.360 e. The predicted octanol–water partition coefficient (Wildman–Crippen LogP) is 5.41. The normalized spacial score (nSPS) is 10.9. The Bertz CT molecular complexity index is 857. The first-order valence-electron chi connectivity index (χ1n) is 6.80. The van der Waals surface area contributed by atoms with Crippen LogP contribution in [0.2, 0.25) is 15.1 Å². The summed E-state index contributed by atoms with van der Waals surface area (Å²) in [5.41, 5.74) is 1.85. The van der Waals surface area contributed by atoms with Crippen molar-refractivity contribution in [3.05, 3.63) is 68.8 Å². The van der Waals surface area contributed by atoms with Gasteiger partial charge in [0.2, 0.25) is 0 Å². The second-order valence-electron chi connectivity index (χ2n) is 4.86. The lowest BCUT2D eigenvalue weighted by molar-refractivity contribution is -0.112. The van der Waals surface area contributed by atoms with E-state index in [9.17, 15) is 4.79 Å². The standard InChI is InChI=1S/C17H12Cl3N3O/c1-10-2-4-13(7-14(10)19)22-9-11(8-21)17(24)23-16-5-3-12(18)6-15(16)20/h2-7,9,22H,1H3,(H,23,24)/b11-9-. The minimum Gasteiger partial charge on any atom is -0.360 e. The van der Waals surface area contributed by atoms with Gasteiger partial charge in [-0.25, -0.2) is 0 Å². The third kappa shape index (κ3) is 4.65. The van der Waals surface area contributed by atoms with Crippen LogP contribution in [0.4, 0.5) is 11.4 Å². The van der Waals surface area contributed by atoms with E-state index in [0.717, 1.165) is 5.56 Å². The Labute approximate surface area is 154 Å². The molecule has 2 aromatic carbocycles. The summed E-state index contributed by atoms with van der Waals surface area (Å²) in [5.74, 6) is -0.590. The van der Waals surface area contributed by atoms with Crippen molar-refractivity contribution in [3.63, 3.8) is 0 Å². The van der Waals surface area contributed by atoms with Crippen LogP contribution in [-0.2, 0) is 4.79 Å². The average molecular weight is 381 g/mol. The zero-order valence-corrected chi connectivity index (χ0v) is 14.8. The molecule has 1 amide bonds. The first-order chi connectivity index (χ1) is 11.4. The number of carbonyl (C=O) groups is 1. The summed E-state index contributed by atoms with van der Waals surface area (Å²) in [6.45, 7) is 1.88. The summed E-state index contributed by atoms with van der Waals surface area (Å²) < 4.78 is 0. The molecule has 2 aromatic rings. The summed E-state index contributed by atoms with van der Waals surface area (Å²) in [7, 11) is 0. The number of hydrogen-bond donors (Lipinski definition) is 2. The number of carbonyl (C=O) groups excluding carboxylic acids is 1. The van der Waals surface area contributed by atoms with Crippen molar-refractivity contribution in [1.29, 1.82) is 5.26 Å². The number of anilines is 2. The highest BCUT2D eigenvalue weighted by atomic mass is 35.5. The van der Waals surface area contributed by atoms with Crippen molar-refractivity contribution in [2.75, 3.05) is 10.6 Å². The van der Waals surface area contributed by atoms with Crippen LogP contribution in [0.5, 0.6) is 0 Å². The van der Waals surface area contributed by atoms with Gasteiger partial charge in [-0.1, -0.05) is 40.9 Å². The van der Waals surface area contributed by atoms with Gasteiger partial charge in [0.15, 0.2) is 0 Å². The number of halogens is 3. The zero-order valence-electron chi connectivity index (χ0n) is 12.5. The highest BCUT2D eigenvalue weighted by molar-refractivity contribution is 6.36. The minimum atomic E-state index is -0.590. The number of nitrogens with zero attached hydrogens (tertiary/aromatic N) is 1. The Morgan fingerprint density at radius 3 is 2.50 bits per heavy atom. The molecule has 0 aliphatic rings. The number of amides is 1. The molecule has 0 aromatic heterocycles. The maximum atomic E-state index is 12.2. The van der Waals surface area contributed by atoms with Crippen molar-refractivity contribution >= 4 is 52.1 Å². The number of aryl methyl sites for hydroxylation is 1. The van der Waals surface area contributed by atoms with Crippen molar-refractivity contribution in [2.45, 2.75) is 6.92 Å². The van der Waals surface area contributed by atoms with Gasteiger partial charge in [-0.15, -0.1) is 0 Å². The molecular formula is C17H12Cl3N3O. The van der Waals surface area contributed by atoms with E-state index >= 15 is 0 Å². The van der Waals surface area contributed by atoms with Gasteiger partial charge >= 0.3 is 0 Å². The van der Waals surface area contributed by atoms with Crippen LogP contribution in [0.1, 0.15) is 5.56 Å². The molecule has 122 valence electrons. The van der Waals surface area contributed by atoms with Crippen LogP contribution in [0.3, 0.4) is 0 Å². The van der Waals surface area contributed by atoms with Crippen LogP contribution in [0.15, 0.2) is 48.2 Å². The van der Waals surface area contributed by atoms with Crippen molar-refractivity contribution in [3.8, 4) is 6.07 Å². The fourth-order valence-corrected chi connectivity index (χ4v) is 2.40. The summed E-state index contributed by atoms with van der Waals surface area (Å²) >= 11 is 17.8. The van der Waals surface area contributed by atoms with E-state index in [1.54, 1.807) is 24.3 Å². The Morgan fingerprint density at radius 1 is 1.12 bits per heavy atom. The van der Waals surface area contributed by atoms with E-state index in [0.29, 0.717) is 21.4 Å². The molecule has 0 aliphatic carbocycles. The van der Waals surface area contributed by atoms with Gasteiger partial charge in [-0.05, 0) is 42.8 Å². The lowest BCUT2D eigenvalue weighted by atomic mass is 10.2. The quantitative estimate of drug-likeness (QED) is 0.550. The lowest BCUT2D eigenvalue weighted by Gasteiger charge is -2.08. The fourth-order valence-electron chi connectivity index (χ4n) is 1.77. The van der Waals surface area contributed by atoms with E-state index in [1.807, 2.05) is 19.1 Å². The Kier molecular flexibility index (Phi) is 6.10. The topological polar surface area (TPSA) is 64.9 Å². The van der Waals surface area contributed by atoms with Gasteiger partial charge < -0.3 is 10.6 Å². The number of benzene rings is 2. The molecule has 0 unspecified atom stereocenters. The first kappa shape index (κ1) is 18.2. The Hall–Kier alpha value is -2.19. The molecule has 0 atom stereocenters. The van der Waals surface area contributed by atoms with E-state index in [-0.39, 0.29) is 10.6 Å². The molecule has 7 heteroatoms. The highest BCUT2D eigenvalue weighted by Crippen LogP contribution is 2.26. The van der Waals surface area contributed by atoms with Gasteiger partial charge in [-0.3, -0.25) is 4.79 Å². The monoisotopic (exact) mass is 379 g/mol. The van der Waals surface area contributed by atoms with E-state index in [4.69, 9.17) is 40.1 Å². The fraction of sp³-hybridized carbons (Fsp3) is 0.0588. The summed E-state index contributed by atoms with van der Waals surface area (Å²) in [5, 5.41) is 15.9. The zero-order chi connectivity index (χ0) is 17.7. The van der Waals surface area contributed by atoms with Gasteiger partial charge in [0.1, 0.15) is 11.6 Å². The molecular weight excluding hydrogens is 369 g/mol. The van der Waals surface area contributed by atoms with Gasteiger partial charge in [-0.2, -0.15) is 5.26 Å². The molecule has 0 saturated heterocycles. The number of hydrogen-bond acceptors (Lipinski definition) is 3. The van der Waals surface area contributed by atoms with E-state index < -0.39 is 5.91 Å². The molecule has 24 heavy (non-hydrogen) atoms. The smallest absolute Gasteiger partial charge is 0.267 e. The third-order valence-corrected chi connectivity index (χ3v) is 4.05.